The molecule has 1 N–H and O–H groups in total. The predicted octanol–water partition coefficient (Wildman–Crippen LogP) is 0.944. The van der Waals surface area contributed by atoms with Gasteiger partial charge in [-0.25, -0.2) is 0 Å². The van der Waals surface area contributed by atoms with Gasteiger partial charge in [0.05, 0.1) is 0 Å². The zero-order chi connectivity index (χ0) is 8.72. The van der Waals surface area contributed by atoms with Crippen molar-refractivity contribution in [3.63, 3.8) is 0 Å². The molecule has 2 aliphatic rings. The Labute approximate surface area is 72.4 Å². The molecule has 0 radical (unpaired) electrons. The second kappa shape index (κ2) is 2.73. The molecule has 1 saturated carbocycles. The van der Waals surface area contributed by atoms with Gasteiger partial charge in [-0.05, 0) is 32.1 Å². The van der Waals surface area contributed by atoms with Gasteiger partial charge in [0.1, 0.15) is 6.04 Å². The first kappa shape index (κ1) is 8.05. The number of likely N-dealkylation sites (tertiary alicyclic amines) is 1. The number of fused-ring (bicyclic) bond motifs is 2. The maximum Gasteiger partial charge on any atom is 0.320 e. The van der Waals surface area contributed by atoms with Crippen LogP contribution in [0.4, 0.5) is 0 Å². The van der Waals surface area contributed by atoms with Crippen molar-refractivity contribution in [3.8, 4) is 0 Å². The fourth-order valence-electron chi connectivity index (χ4n) is 2.58. The number of hydrogen-bond donors (Lipinski definition) is 1. The summed E-state index contributed by atoms with van der Waals surface area (Å²) in [7, 11) is 0. The van der Waals surface area contributed by atoms with Gasteiger partial charge in [-0.3, -0.25) is 9.69 Å². The van der Waals surface area contributed by atoms with E-state index < -0.39 is 5.97 Å². The quantitative estimate of drug-likeness (QED) is 0.669. The highest BCUT2D eigenvalue weighted by atomic mass is 16.4. The van der Waals surface area contributed by atoms with Gasteiger partial charge < -0.3 is 5.11 Å². The van der Waals surface area contributed by atoms with Crippen molar-refractivity contribution in [2.75, 3.05) is 6.54 Å². The van der Waals surface area contributed by atoms with E-state index in [1.165, 1.54) is 19.3 Å². The van der Waals surface area contributed by atoms with Crippen LogP contribution in [0.15, 0.2) is 0 Å². The smallest absolute Gasteiger partial charge is 0.320 e. The molecule has 3 atom stereocenters. The summed E-state index contributed by atoms with van der Waals surface area (Å²) in [6.45, 7) is 2.81. The predicted molar refractivity (Wildman–Crippen MR) is 44.9 cm³/mol. The van der Waals surface area contributed by atoms with Crippen LogP contribution in [0.3, 0.4) is 0 Å². The van der Waals surface area contributed by atoms with Crippen molar-refractivity contribution in [2.24, 2.45) is 5.92 Å². The Kier molecular flexibility index (Phi) is 1.83. The highest BCUT2D eigenvalue weighted by Crippen LogP contribution is 2.38. The normalized spacial score (nSPS) is 37.1. The lowest BCUT2D eigenvalue weighted by atomic mass is 10.1. The molecule has 2 rings (SSSR count). The molecular weight excluding hydrogens is 154 g/mol. The van der Waals surface area contributed by atoms with E-state index in [-0.39, 0.29) is 6.04 Å². The van der Waals surface area contributed by atoms with E-state index in [4.69, 9.17) is 5.11 Å². The fraction of sp³-hybridized carbons (Fsp3) is 0.889. The van der Waals surface area contributed by atoms with E-state index in [1.807, 2.05) is 0 Å². The van der Waals surface area contributed by atoms with Gasteiger partial charge in [-0.15, -0.1) is 0 Å². The second-order valence-electron chi connectivity index (χ2n) is 4.04. The number of piperidine rings is 1. The first-order chi connectivity index (χ1) is 5.68. The van der Waals surface area contributed by atoms with Crippen molar-refractivity contribution in [2.45, 2.75) is 38.3 Å². The molecule has 12 heavy (non-hydrogen) atoms. The molecule has 0 spiro atoms. The average molecular weight is 169 g/mol. The summed E-state index contributed by atoms with van der Waals surface area (Å²) in [5.41, 5.74) is 0. The monoisotopic (exact) mass is 169 g/mol. The molecule has 0 amide bonds. The third-order valence-electron chi connectivity index (χ3n) is 3.31. The maximum atomic E-state index is 10.7. The highest BCUT2D eigenvalue weighted by molar-refractivity contribution is 5.73. The molecule has 3 unspecified atom stereocenters. The van der Waals surface area contributed by atoms with E-state index in [9.17, 15) is 4.79 Å². The van der Waals surface area contributed by atoms with Crippen LogP contribution in [0, 0.1) is 5.92 Å². The number of nitrogens with zero attached hydrogens (tertiary/aromatic N) is 1. The van der Waals surface area contributed by atoms with E-state index in [2.05, 4.69) is 4.90 Å². The molecule has 1 saturated heterocycles. The molecule has 0 aromatic rings. The fourth-order valence-corrected chi connectivity index (χ4v) is 2.58. The number of aliphatic carboxylic acids is 1. The lowest BCUT2D eigenvalue weighted by molar-refractivity contribution is -0.143. The highest BCUT2D eigenvalue weighted by Gasteiger charge is 2.41. The summed E-state index contributed by atoms with van der Waals surface area (Å²) in [5.74, 6) is 0.111. The van der Waals surface area contributed by atoms with Crippen LogP contribution in [0.5, 0.6) is 0 Å². The Morgan fingerprint density at radius 3 is 2.75 bits per heavy atom. The lowest BCUT2D eigenvalue weighted by Crippen LogP contribution is -2.43. The zero-order valence-electron chi connectivity index (χ0n) is 7.36. The van der Waals surface area contributed by atoms with Crippen LogP contribution in [0.1, 0.15) is 26.2 Å². The second-order valence-corrected chi connectivity index (χ2v) is 4.04. The lowest BCUT2D eigenvalue weighted by Gasteiger charge is -2.29. The van der Waals surface area contributed by atoms with Crippen molar-refractivity contribution in [1.82, 2.24) is 4.90 Å². The van der Waals surface area contributed by atoms with Gasteiger partial charge in [0.15, 0.2) is 0 Å². The Morgan fingerprint density at radius 2 is 2.33 bits per heavy atom. The Morgan fingerprint density at radius 1 is 1.58 bits per heavy atom. The third kappa shape index (κ3) is 1.12. The summed E-state index contributed by atoms with van der Waals surface area (Å²) in [6, 6.07) is 0.293. The summed E-state index contributed by atoms with van der Waals surface area (Å²) >= 11 is 0. The van der Waals surface area contributed by atoms with E-state index in [0.29, 0.717) is 6.04 Å². The number of carboxylic acids is 1. The van der Waals surface area contributed by atoms with E-state index >= 15 is 0 Å². The molecule has 0 aromatic heterocycles. The summed E-state index contributed by atoms with van der Waals surface area (Å²) in [6.07, 6.45) is 3.76. The van der Waals surface area contributed by atoms with Crippen LogP contribution < -0.4 is 0 Å². The molecule has 68 valence electrons. The molecule has 2 bridgehead atoms. The van der Waals surface area contributed by atoms with Crippen LogP contribution in [-0.2, 0) is 4.79 Å². The minimum Gasteiger partial charge on any atom is -0.480 e. The van der Waals surface area contributed by atoms with Crippen LogP contribution in [0.2, 0.25) is 0 Å². The Hall–Kier alpha value is -0.570. The molecule has 1 aliphatic carbocycles. The maximum absolute atomic E-state index is 10.7. The van der Waals surface area contributed by atoms with Crippen molar-refractivity contribution in [1.29, 1.82) is 0 Å². The van der Waals surface area contributed by atoms with Crippen molar-refractivity contribution in [3.05, 3.63) is 0 Å². The van der Waals surface area contributed by atoms with Gasteiger partial charge >= 0.3 is 5.97 Å². The van der Waals surface area contributed by atoms with E-state index in [1.54, 1.807) is 6.92 Å². The standard InChI is InChI=1S/C9H15NO2/c1-6(9(11)12)10-5-7-2-3-8(10)4-7/h6-8H,2-5H2,1H3,(H,11,12). The Bertz CT molecular complexity index is 205. The van der Waals surface area contributed by atoms with Gasteiger partial charge in [0.2, 0.25) is 0 Å². The van der Waals surface area contributed by atoms with Gasteiger partial charge in [-0.1, -0.05) is 0 Å². The number of carbonyl (C=O) groups is 1. The minimum atomic E-state index is -0.678. The molecule has 0 aromatic carbocycles. The molecular formula is C9H15NO2. The summed E-state index contributed by atoms with van der Waals surface area (Å²) < 4.78 is 0. The summed E-state index contributed by atoms with van der Waals surface area (Å²) in [5, 5.41) is 8.83. The molecule has 3 nitrogen and oxygen atoms in total. The topological polar surface area (TPSA) is 40.5 Å². The van der Waals surface area contributed by atoms with Crippen LogP contribution in [-0.4, -0.2) is 34.6 Å². The first-order valence-electron chi connectivity index (χ1n) is 4.67. The largest absolute Gasteiger partial charge is 0.480 e. The molecule has 1 aliphatic heterocycles. The molecule has 2 fully saturated rings. The van der Waals surface area contributed by atoms with Crippen molar-refractivity contribution >= 4 is 5.97 Å². The number of hydrogen-bond acceptors (Lipinski definition) is 2. The zero-order valence-corrected chi connectivity index (χ0v) is 7.36. The average Bonchev–Trinajstić information content (AvgIpc) is 2.62. The minimum absolute atomic E-state index is 0.278. The summed E-state index contributed by atoms with van der Waals surface area (Å²) in [4.78, 5) is 12.9. The Balaban J connectivity index is 2.02. The van der Waals surface area contributed by atoms with Crippen LogP contribution >= 0.6 is 0 Å². The SMILES string of the molecule is CC(C(=O)O)N1CC2CCC1C2. The number of rotatable bonds is 2. The first-order valence-corrected chi connectivity index (χ1v) is 4.67. The van der Waals surface area contributed by atoms with Crippen LogP contribution in [0.25, 0.3) is 0 Å². The molecule has 1 heterocycles. The van der Waals surface area contributed by atoms with Gasteiger partial charge in [0.25, 0.3) is 0 Å². The molecule has 3 heteroatoms. The third-order valence-corrected chi connectivity index (χ3v) is 3.31. The number of carboxylic acid groups (broad SMARTS) is 1. The van der Waals surface area contributed by atoms with E-state index in [0.717, 1.165) is 12.5 Å². The van der Waals surface area contributed by atoms with Gasteiger partial charge in [-0.2, -0.15) is 0 Å². The van der Waals surface area contributed by atoms with Gasteiger partial charge in [0, 0.05) is 12.6 Å². The van der Waals surface area contributed by atoms with Crippen molar-refractivity contribution < 1.29 is 9.90 Å².